The molecule has 0 bridgehead atoms. The van der Waals surface area contributed by atoms with Gasteiger partial charge in [0, 0.05) is 50.4 Å². The normalized spacial score (nSPS) is 18.4. The molecule has 9 nitrogen and oxygen atoms in total. The molecule has 1 atom stereocenters. The van der Waals surface area contributed by atoms with Crippen LogP contribution in [0.3, 0.4) is 0 Å². The van der Waals surface area contributed by atoms with Crippen LogP contribution in [0.5, 0.6) is 5.75 Å². The summed E-state index contributed by atoms with van der Waals surface area (Å²) in [6.07, 6.45) is 6.74. The van der Waals surface area contributed by atoms with E-state index in [1.54, 1.807) is 19.4 Å². The van der Waals surface area contributed by atoms with Crippen molar-refractivity contribution in [1.82, 2.24) is 23.5 Å². The van der Waals surface area contributed by atoms with Crippen LogP contribution in [0.2, 0.25) is 0 Å². The second kappa shape index (κ2) is 7.27. The number of ether oxygens (including phenoxy) is 1. The second-order valence-corrected chi connectivity index (χ2v) is 8.74. The summed E-state index contributed by atoms with van der Waals surface area (Å²) in [5, 5.41) is 4.26. The summed E-state index contributed by atoms with van der Waals surface area (Å²) in [4.78, 5) is 19.3. The maximum atomic E-state index is 12.9. The molecule has 5 rings (SSSR count). The van der Waals surface area contributed by atoms with E-state index in [2.05, 4.69) is 10.1 Å². The van der Waals surface area contributed by atoms with E-state index in [1.807, 2.05) is 27.4 Å². The summed E-state index contributed by atoms with van der Waals surface area (Å²) in [6, 6.07) is 5.56. The average molecular weight is 414 g/mol. The number of aromatic nitrogens is 4. The highest BCUT2D eigenvalue weighted by Gasteiger charge is 2.25. The predicted octanol–water partition coefficient (Wildman–Crippen LogP) is 1.47. The summed E-state index contributed by atoms with van der Waals surface area (Å²) >= 11 is 0. The topological polar surface area (TPSA) is 85.0 Å². The Bertz CT molecular complexity index is 1150. The number of pyridine rings is 2. The summed E-state index contributed by atoms with van der Waals surface area (Å²) in [7, 11) is 0.409. The molecule has 152 valence electrons. The lowest BCUT2D eigenvalue weighted by Crippen LogP contribution is -2.32. The number of hydrogen-bond donors (Lipinski definition) is 0. The molecule has 2 aliphatic rings. The number of piperidine rings is 1. The molecule has 1 saturated heterocycles. The van der Waals surface area contributed by atoms with Gasteiger partial charge in [-0.15, -0.1) is 0 Å². The van der Waals surface area contributed by atoms with E-state index in [0.717, 1.165) is 31.6 Å². The standard InChI is InChI=1S/C19H22N6O3S/c1-22-19(26)25-8-5-14(11-17(25)21-22)24-9-10-28-16-12-15(13-20-18(16)24)29(27)23-6-3-2-4-7-23/h5,8,11-13H,2-4,6-7,9-10H2,1H3. The zero-order chi connectivity index (χ0) is 20.0. The van der Waals surface area contributed by atoms with Crippen molar-refractivity contribution in [1.29, 1.82) is 0 Å². The van der Waals surface area contributed by atoms with E-state index in [9.17, 15) is 9.00 Å². The van der Waals surface area contributed by atoms with Gasteiger partial charge in [0.15, 0.2) is 17.2 Å². The van der Waals surface area contributed by atoms with Gasteiger partial charge in [0.25, 0.3) is 0 Å². The predicted molar refractivity (Wildman–Crippen MR) is 109 cm³/mol. The molecule has 0 spiro atoms. The fourth-order valence-electron chi connectivity index (χ4n) is 3.84. The number of rotatable bonds is 3. The van der Waals surface area contributed by atoms with Gasteiger partial charge in [0.1, 0.15) is 17.6 Å². The summed E-state index contributed by atoms with van der Waals surface area (Å²) in [6.45, 7) is 2.82. The molecule has 5 heterocycles. The minimum absolute atomic E-state index is 0.183. The van der Waals surface area contributed by atoms with E-state index in [1.165, 1.54) is 15.5 Å². The molecule has 0 radical (unpaired) electrons. The maximum absolute atomic E-state index is 12.9. The second-order valence-electron chi connectivity index (χ2n) is 7.25. The molecule has 1 fully saturated rings. The van der Waals surface area contributed by atoms with E-state index < -0.39 is 11.0 Å². The van der Waals surface area contributed by atoms with E-state index in [4.69, 9.17) is 4.74 Å². The van der Waals surface area contributed by atoms with E-state index in [0.29, 0.717) is 35.3 Å². The highest BCUT2D eigenvalue weighted by Crippen LogP contribution is 2.36. The van der Waals surface area contributed by atoms with Crippen LogP contribution in [0.15, 0.2) is 40.3 Å². The first kappa shape index (κ1) is 18.3. The van der Waals surface area contributed by atoms with Crippen LogP contribution < -0.4 is 15.3 Å². The van der Waals surface area contributed by atoms with Crippen molar-refractivity contribution in [2.45, 2.75) is 24.2 Å². The lowest BCUT2D eigenvalue weighted by atomic mass is 10.2. The highest BCUT2D eigenvalue weighted by molar-refractivity contribution is 7.82. The van der Waals surface area contributed by atoms with Crippen molar-refractivity contribution in [3.8, 4) is 5.75 Å². The minimum atomic E-state index is -1.22. The van der Waals surface area contributed by atoms with Gasteiger partial charge < -0.3 is 9.64 Å². The molecule has 0 amide bonds. The van der Waals surface area contributed by atoms with Crippen LogP contribution in [0, 0.1) is 0 Å². The maximum Gasteiger partial charge on any atom is 0.350 e. The van der Waals surface area contributed by atoms with Gasteiger partial charge in [-0.2, -0.15) is 5.10 Å². The quantitative estimate of drug-likeness (QED) is 0.645. The lowest BCUT2D eigenvalue weighted by molar-refractivity contribution is 0.310. The van der Waals surface area contributed by atoms with Gasteiger partial charge >= 0.3 is 5.69 Å². The van der Waals surface area contributed by atoms with Crippen molar-refractivity contribution in [3.05, 3.63) is 41.1 Å². The van der Waals surface area contributed by atoms with Crippen LogP contribution in [-0.2, 0) is 18.0 Å². The lowest BCUT2D eigenvalue weighted by Gasteiger charge is -2.31. The molecule has 0 N–H and O–H groups in total. The Hall–Kier alpha value is -2.72. The Kier molecular flexibility index (Phi) is 4.59. The molecule has 1 unspecified atom stereocenters. The Morgan fingerprint density at radius 2 is 1.97 bits per heavy atom. The number of fused-ring (bicyclic) bond motifs is 2. The van der Waals surface area contributed by atoms with Crippen molar-refractivity contribution in [2.75, 3.05) is 31.1 Å². The van der Waals surface area contributed by atoms with Crippen molar-refractivity contribution >= 4 is 28.1 Å². The van der Waals surface area contributed by atoms with Crippen LogP contribution >= 0.6 is 0 Å². The van der Waals surface area contributed by atoms with Crippen LogP contribution in [-0.4, -0.2) is 53.9 Å². The third-order valence-corrected chi connectivity index (χ3v) is 6.81. The Morgan fingerprint density at radius 3 is 2.79 bits per heavy atom. The fourth-order valence-corrected chi connectivity index (χ4v) is 5.08. The first-order valence-corrected chi connectivity index (χ1v) is 10.8. The monoisotopic (exact) mass is 414 g/mol. The zero-order valence-corrected chi connectivity index (χ0v) is 17.0. The Labute approximate surface area is 170 Å². The van der Waals surface area contributed by atoms with Gasteiger partial charge in [-0.25, -0.2) is 23.0 Å². The molecule has 3 aromatic rings. The molecule has 3 aromatic heterocycles. The van der Waals surface area contributed by atoms with Crippen LogP contribution in [0.25, 0.3) is 5.65 Å². The van der Waals surface area contributed by atoms with Gasteiger partial charge in [-0.05, 0) is 18.9 Å². The van der Waals surface area contributed by atoms with Crippen LogP contribution in [0.1, 0.15) is 19.3 Å². The molecule has 2 aliphatic heterocycles. The van der Waals surface area contributed by atoms with Crippen molar-refractivity contribution < 1.29 is 8.95 Å². The van der Waals surface area contributed by atoms with Gasteiger partial charge in [0.2, 0.25) is 0 Å². The number of hydrogen-bond acceptors (Lipinski definition) is 6. The number of aryl methyl sites for hydroxylation is 1. The molecular formula is C19H22N6O3S. The first-order valence-electron chi connectivity index (χ1n) is 9.74. The summed E-state index contributed by atoms with van der Waals surface area (Å²) < 4.78 is 23.6. The van der Waals surface area contributed by atoms with Gasteiger partial charge in [0.05, 0.1) is 11.4 Å². The molecule has 29 heavy (non-hydrogen) atoms. The van der Waals surface area contributed by atoms with Gasteiger partial charge in [-0.1, -0.05) is 6.42 Å². The molecule has 0 aromatic carbocycles. The Morgan fingerprint density at radius 1 is 1.14 bits per heavy atom. The SMILES string of the molecule is Cn1nc2cc(N3CCOc4cc(S(=O)N5CCCCC5)cnc43)ccn2c1=O. The number of nitrogens with zero attached hydrogens (tertiary/aromatic N) is 6. The van der Waals surface area contributed by atoms with Crippen LogP contribution in [0.4, 0.5) is 11.5 Å². The zero-order valence-electron chi connectivity index (χ0n) is 16.2. The molecule has 0 aliphatic carbocycles. The van der Waals surface area contributed by atoms with Gasteiger partial charge in [-0.3, -0.25) is 4.40 Å². The van der Waals surface area contributed by atoms with E-state index >= 15 is 0 Å². The Balaban J connectivity index is 1.48. The largest absolute Gasteiger partial charge is 0.488 e. The summed E-state index contributed by atoms with van der Waals surface area (Å²) in [5.74, 6) is 1.30. The van der Waals surface area contributed by atoms with Crippen molar-refractivity contribution in [3.63, 3.8) is 0 Å². The summed E-state index contributed by atoms with van der Waals surface area (Å²) in [5.41, 5.74) is 1.27. The first-order chi connectivity index (χ1) is 14.1. The number of anilines is 2. The average Bonchev–Trinajstić information content (AvgIpc) is 3.06. The minimum Gasteiger partial charge on any atom is -0.488 e. The highest BCUT2D eigenvalue weighted by atomic mass is 32.2. The fraction of sp³-hybridized carbons (Fsp3) is 0.421. The van der Waals surface area contributed by atoms with Crippen molar-refractivity contribution in [2.24, 2.45) is 7.05 Å². The molecule has 0 saturated carbocycles. The molecule has 10 heteroatoms. The smallest absolute Gasteiger partial charge is 0.350 e. The third-order valence-electron chi connectivity index (χ3n) is 5.35. The van der Waals surface area contributed by atoms with E-state index in [-0.39, 0.29) is 5.69 Å². The third kappa shape index (κ3) is 3.22. The molecular weight excluding hydrogens is 392 g/mol.